The van der Waals surface area contributed by atoms with Crippen LogP contribution in [0.25, 0.3) is 11.5 Å². The Labute approximate surface area is 170 Å². The normalized spacial score (nSPS) is 13.1. The van der Waals surface area contributed by atoms with Gasteiger partial charge in [-0.2, -0.15) is 0 Å². The first-order chi connectivity index (χ1) is 14.1. The predicted octanol–water partition coefficient (Wildman–Crippen LogP) is 2.53. The van der Waals surface area contributed by atoms with Crippen LogP contribution in [0.5, 0.6) is 0 Å². The molecule has 0 atom stereocenters. The number of benzene rings is 1. The highest BCUT2D eigenvalue weighted by molar-refractivity contribution is 6.33. The van der Waals surface area contributed by atoms with Crippen molar-refractivity contribution in [3.05, 3.63) is 59.5 Å². The van der Waals surface area contributed by atoms with Gasteiger partial charge >= 0.3 is 5.97 Å². The molecule has 29 heavy (non-hydrogen) atoms. The molecule has 9 nitrogen and oxygen atoms in total. The third-order valence-corrected chi connectivity index (χ3v) is 4.61. The Bertz CT molecular complexity index is 1020. The summed E-state index contributed by atoms with van der Waals surface area (Å²) in [6.07, 6.45) is 5.84. The number of rotatable bonds is 7. The van der Waals surface area contributed by atoms with E-state index >= 15 is 0 Å². The maximum absolute atomic E-state index is 12.6. The lowest BCUT2D eigenvalue weighted by atomic mass is 10.2. The number of halogens is 1. The van der Waals surface area contributed by atoms with E-state index in [4.69, 9.17) is 20.8 Å². The summed E-state index contributed by atoms with van der Waals surface area (Å²) in [6, 6.07) is 7.19. The van der Waals surface area contributed by atoms with E-state index in [0.717, 1.165) is 12.8 Å². The number of hydrogen-bond acceptors (Lipinski definition) is 8. The summed E-state index contributed by atoms with van der Waals surface area (Å²) in [5.41, 5.74) is 0.662. The van der Waals surface area contributed by atoms with Gasteiger partial charge in [-0.25, -0.2) is 9.78 Å². The minimum atomic E-state index is -0.707. The van der Waals surface area contributed by atoms with Gasteiger partial charge in [0.1, 0.15) is 0 Å². The van der Waals surface area contributed by atoms with Crippen LogP contribution in [0.4, 0.5) is 0 Å². The molecule has 1 aliphatic rings. The van der Waals surface area contributed by atoms with Gasteiger partial charge in [0.15, 0.2) is 12.3 Å². The molecule has 4 rings (SSSR count). The molecule has 0 N–H and O–H groups in total. The van der Waals surface area contributed by atoms with Crippen LogP contribution < -0.4 is 0 Å². The van der Waals surface area contributed by atoms with E-state index < -0.39 is 12.6 Å². The second kappa shape index (κ2) is 8.36. The molecule has 0 unspecified atom stereocenters. The summed E-state index contributed by atoms with van der Waals surface area (Å²) in [5.74, 6) is -0.494. The summed E-state index contributed by atoms with van der Waals surface area (Å²) in [4.78, 5) is 33.8. The third kappa shape index (κ3) is 4.57. The van der Waals surface area contributed by atoms with Crippen LogP contribution in [0.15, 0.2) is 47.3 Å². The van der Waals surface area contributed by atoms with Crippen molar-refractivity contribution < 1.29 is 18.7 Å². The lowest BCUT2D eigenvalue weighted by Gasteiger charge is -2.20. The lowest BCUT2D eigenvalue weighted by molar-refractivity contribution is -0.136. The van der Waals surface area contributed by atoms with E-state index in [1.165, 1.54) is 18.6 Å². The number of ether oxygens (including phenoxy) is 1. The molecular formula is C19H16ClN5O4. The van der Waals surface area contributed by atoms with Crippen molar-refractivity contribution >= 4 is 23.5 Å². The Balaban J connectivity index is 1.40. The maximum Gasteiger partial charge on any atom is 0.359 e. The number of nitrogens with zero attached hydrogens (tertiary/aromatic N) is 5. The zero-order valence-electron chi connectivity index (χ0n) is 15.2. The number of aromatic nitrogens is 4. The SMILES string of the molecule is O=C(OCC(=O)N(Cc1nnc(-c2ccccc2Cl)o1)C1CC1)c1cnccn1. The van der Waals surface area contributed by atoms with Crippen LogP contribution in [0.2, 0.25) is 5.02 Å². The second-order valence-corrected chi connectivity index (χ2v) is 6.81. The minimum absolute atomic E-state index is 0.0413. The third-order valence-electron chi connectivity index (χ3n) is 4.28. The first kappa shape index (κ1) is 19.0. The molecular weight excluding hydrogens is 398 g/mol. The molecule has 3 aromatic rings. The average molecular weight is 414 g/mol. The van der Waals surface area contributed by atoms with Crippen molar-refractivity contribution in [3.8, 4) is 11.5 Å². The molecule has 1 aromatic carbocycles. The summed E-state index contributed by atoms with van der Waals surface area (Å²) in [6.45, 7) is -0.277. The van der Waals surface area contributed by atoms with Crippen molar-refractivity contribution in [2.75, 3.05) is 6.61 Å². The van der Waals surface area contributed by atoms with E-state index in [9.17, 15) is 9.59 Å². The summed E-state index contributed by atoms with van der Waals surface area (Å²) in [5, 5.41) is 8.52. The van der Waals surface area contributed by atoms with Crippen molar-refractivity contribution in [1.29, 1.82) is 0 Å². The van der Waals surface area contributed by atoms with Crippen LogP contribution >= 0.6 is 11.6 Å². The Kier molecular flexibility index (Phi) is 5.48. The Hall–Kier alpha value is -3.33. The first-order valence-corrected chi connectivity index (χ1v) is 9.29. The summed E-state index contributed by atoms with van der Waals surface area (Å²) >= 11 is 6.16. The Morgan fingerprint density at radius 3 is 2.76 bits per heavy atom. The van der Waals surface area contributed by atoms with Gasteiger partial charge in [0.2, 0.25) is 11.8 Å². The fourth-order valence-electron chi connectivity index (χ4n) is 2.70. The molecule has 1 aliphatic carbocycles. The molecule has 148 valence electrons. The zero-order valence-corrected chi connectivity index (χ0v) is 16.0. The topological polar surface area (TPSA) is 111 Å². The van der Waals surface area contributed by atoms with Gasteiger partial charge in [0.05, 0.1) is 23.3 Å². The van der Waals surface area contributed by atoms with Gasteiger partial charge < -0.3 is 14.1 Å². The van der Waals surface area contributed by atoms with E-state index in [2.05, 4.69) is 20.2 Å². The molecule has 1 amide bonds. The Morgan fingerprint density at radius 2 is 2.03 bits per heavy atom. The van der Waals surface area contributed by atoms with Gasteiger partial charge in [0.25, 0.3) is 5.91 Å². The second-order valence-electron chi connectivity index (χ2n) is 6.40. The molecule has 10 heteroatoms. The molecule has 0 aliphatic heterocycles. The lowest BCUT2D eigenvalue weighted by Crippen LogP contribution is -2.36. The summed E-state index contributed by atoms with van der Waals surface area (Å²) < 4.78 is 10.7. The highest BCUT2D eigenvalue weighted by Crippen LogP contribution is 2.30. The largest absolute Gasteiger partial charge is 0.451 e. The molecule has 1 fully saturated rings. The monoisotopic (exact) mass is 413 g/mol. The molecule has 0 saturated heterocycles. The number of hydrogen-bond donors (Lipinski definition) is 0. The highest BCUT2D eigenvalue weighted by atomic mass is 35.5. The van der Waals surface area contributed by atoms with Gasteiger partial charge in [-0.1, -0.05) is 23.7 Å². The standard InChI is InChI=1S/C19H16ClN5O4/c20-14-4-2-1-3-13(14)18-24-23-16(29-18)10-25(12-5-6-12)17(26)11-28-19(27)15-9-21-7-8-22-15/h1-4,7-9,12H,5-6,10-11H2. The highest BCUT2D eigenvalue weighted by Gasteiger charge is 2.34. The van der Waals surface area contributed by atoms with Crippen molar-refractivity contribution in [2.24, 2.45) is 0 Å². The predicted molar refractivity (Wildman–Crippen MR) is 101 cm³/mol. The number of amides is 1. The number of esters is 1. The summed E-state index contributed by atoms with van der Waals surface area (Å²) in [7, 11) is 0. The van der Waals surface area contributed by atoms with Gasteiger partial charge in [-0.3, -0.25) is 9.78 Å². The molecule has 0 radical (unpaired) electrons. The molecule has 0 spiro atoms. The van der Waals surface area contributed by atoms with E-state index in [-0.39, 0.29) is 36.0 Å². The van der Waals surface area contributed by atoms with Crippen LogP contribution in [-0.2, 0) is 16.1 Å². The molecule has 0 bridgehead atoms. The average Bonchev–Trinajstić information content (AvgIpc) is 3.49. The first-order valence-electron chi connectivity index (χ1n) is 8.91. The Morgan fingerprint density at radius 1 is 1.21 bits per heavy atom. The quantitative estimate of drug-likeness (QED) is 0.543. The van der Waals surface area contributed by atoms with E-state index in [1.807, 2.05) is 6.07 Å². The van der Waals surface area contributed by atoms with E-state index in [0.29, 0.717) is 10.6 Å². The van der Waals surface area contributed by atoms with Gasteiger partial charge in [-0.15, -0.1) is 10.2 Å². The van der Waals surface area contributed by atoms with Crippen molar-refractivity contribution in [1.82, 2.24) is 25.1 Å². The fraction of sp³-hybridized carbons (Fsp3) is 0.263. The van der Waals surface area contributed by atoms with Crippen molar-refractivity contribution in [2.45, 2.75) is 25.4 Å². The van der Waals surface area contributed by atoms with Crippen LogP contribution in [0.1, 0.15) is 29.2 Å². The van der Waals surface area contributed by atoms with Crippen molar-refractivity contribution in [3.63, 3.8) is 0 Å². The molecule has 2 aromatic heterocycles. The number of carbonyl (C=O) groups is 2. The van der Waals surface area contributed by atoms with Gasteiger partial charge in [0, 0.05) is 18.4 Å². The number of carbonyl (C=O) groups excluding carboxylic acids is 2. The van der Waals surface area contributed by atoms with Crippen LogP contribution in [0, 0.1) is 0 Å². The molecule has 1 saturated carbocycles. The maximum atomic E-state index is 12.6. The zero-order chi connectivity index (χ0) is 20.2. The van der Waals surface area contributed by atoms with Gasteiger partial charge in [-0.05, 0) is 25.0 Å². The van der Waals surface area contributed by atoms with E-state index in [1.54, 1.807) is 23.1 Å². The minimum Gasteiger partial charge on any atom is -0.451 e. The van der Waals surface area contributed by atoms with Crippen LogP contribution in [-0.4, -0.2) is 49.6 Å². The smallest absolute Gasteiger partial charge is 0.359 e. The van der Waals surface area contributed by atoms with Crippen LogP contribution in [0.3, 0.4) is 0 Å². The molecule has 2 heterocycles. The fourth-order valence-corrected chi connectivity index (χ4v) is 2.92.